The number of aryl methyl sites for hydroxylation is 3. The lowest BCUT2D eigenvalue weighted by Gasteiger charge is -2.03. The standard InChI is InChI=1S/C15H22N2/c1-4-16-10-6-9-13-12(3)17-15-11(2)7-5-8-14(13)15/h5,7-8,16-17H,4,6,9-10H2,1-3H3. The van der Waals surface area contributed by atoms with Crippen LogP contribution in [0.1, 0.15) is 30.2 Å². The maximum atomic E-state index is 3.52. The van der Waals surface area contributed by atoms with Crippen molar-refractivity contribution in [3.63, 3.8) is 0 Å². The molecule has 0 amide bonds. The Hall–Kier alpha value is -1.28. The fourth-order valence-corrected chi connectivity index (χ4v) is 2.44. The van der Waals surface area contributed by atoms with Gasteiger partial charge >= 0.3 is 0 Å². The monoisotopic (exact) mass is 230 g/mol. The summed E-state index contributed by atoms with van der Waals surface area (Å²) in [5.74, 6) is 0. The van der Waals surface area contributed by atoms with E-state index >= 15 is 0 Å². The quantitative estimate of drug-likeness (QED) is 0.758. The van der Waals surface area contributed by atoms with Crippen LogP contribution in [-0.4, -0.2) is 18.1 Å². The molecule has 1 heterocycles. The summed E-state index contributed by atoms with van der Waals surface area (Å²) in [6.07, 6.45) is 2.36. The Kier molecular flexibility index (Phi) is 3.85. The average Bonchev–Trinajstić information content (AvgIpc) is 2.63. The molecule has 1 aromatic heterocycles. The number of para-hydroxylation sites is 1. The van der Waals surface area contributed by atoms with Gasteiger partial charge in [-0.25, -0.2) is 0 Å². The van der Waals surface area contributed by atoms with Crippen LogP contribution in [0, 0.1) is 13.8 Å². The Labute approximate surface area is 103 Å². The first-order chi connectivity index (χ1) is 8.24. The van der Waals surface area contributed by atoms with Crippen molar-refractivity contribution >= 4 is 10.9 Å². The van der Waals surface area contributed by atoms with Crippen molar-refractivity contribution < 1.29 is 0 Å². The fourth-order valence-electron chi connectivity index (χ4n) is 2.44. The van der Waals surface area contributed by atoms with Crippen LogP contribution in [0.15, 0.2) is 18.2 Å². The topological polar surface area (TPSA) is 27.8 Å². The molecule has 2 aromatic rings. The molecule has 1 aromatic carbocycles. The molecule has 0 aliphatic carbocycles. The Morgan fingerprint density at radius 2 is 2.06 bits per heavy atom. The van der Waals surface area contributed by atoms with E-state index in [1.807, 2.05) is 0 Å². The van der Waals surface area contributed by atoms with Crippen molar-refractivity contribution in [3.8, 4) is 0 Å². The summed E-state index contributed by atoms with van der Waals surface area (Å²) in [6, 6.07) is 6.55. The Bertz CT molecular complexity index is 497. The van der Waals surface area contributed by atoms with Crippen LogP contribution in [0.2, 0.25) is 0 Å². The SMILES string of the molecule is CCNCCCc1c(C)[nH]c2c(C)cccc12. The van der Waals surface area contributed by atoms with E-state index in [1.54, 1.807) is 0 Å². The molecule has 0 aliphatic heterocycles. The number of aromatic amines is 1. The number of hydrogen-bond donors (Lipinski definition) is 2. The maximum absolute atomic E-state index is 3.52. The Morgan fingerprint density at radius 3 is 2.82 bits per heavy atom. The van der Waals surface area contributed by atoms with Crippen LogP contribution in [0.3, 0.4) is 0 Å². The summed E-state index contributed by atoms with van der Waals surface area (Å²) in [5.41, 5.74) is 5.46. The van der Waals surface area contributed by atoms with Gasteiger partial charge in [0.05, 0.1) is 0 Å². The van der Waals surface area contributed by atoms with Gasteiger partial charge in [0, 0.05) is 16.6 Å². The zero-order valence-corrected chi connectivity index (χ0v) is 11.1. The Balaban J connectivity index is 2.21. The van der Waals surface area contributed by atoms with Gasteiger partial charge in [0.2, 0.25) is 0 Å². The van der Waals surface area contributed by atoms with E-state index in [4.69, 9.17) is 0 Å². The van der Waals surface area contributed by atoms with Gasteiger partial charge in [-0.2, -0.15) is 0 Å². The number of nitrogens with one attached hydrogen (secondary N) is 2. The molecular weight excluding hydrogens is 208 g/mol. The van der Waals surface area contributed by atoms with Crippen LogP contribution in [0.4, 0.5) is 0 Å². The van der Waals surface area contributed by atoms with E-state index in [2.05, 4.69) is 49.3 Å². The molecule has 92 valence electrons. The molecule has 0 unspecified atom stereocenters. The minimum atomic E-state index is 1.06. The van der Waals surface area contributed by atoms with Gasteiger partial charge < -0.3 is 10.3 Å². The van der Waals surface area contributed by atoms with E-state index in [1.165, 1.54) is 34.1 Å². The predicted molar refractivity (Wildman–Crippen MR) is 74.6 cm³/mol. The second-order valence-electron chi connectivity index (χ2n) is 4.68. The van der Waals surface area contributed by atoms with Crippen molar-refractivity contribution in [3.05, 3.63) is 35.0 Å². The van der Waals surface area contributed by atoms with Gasteiger partial charge in [-0.1, -0.05) is 25.1 Å². The van der Waals surface area contributed by atoms with Crippen LogP contribution in [-0.2, 0) is 6.42 Å². The number of H-pyrrole nitrogens is 1. The largest absolute Gasteiger partial charge is 0.358 e. The highest BCUT2D eigenvalue weighted by Crippen LogP contribution is 2.25. The molecular formula is C15H22N2. The van der Waals surface area contributed by atoms with E-state index in [-0.39, 0.29) is 0 Å². The molecule has 0 saturated heterocycles. The lowest BCUT2D eigenvalue weighted by atomic mass is 10.0. The Morgan fingerprint density at radius 1 is 1.24 bits per heavy atom. The third-order valence-corrected chi connectivity index (χ3v) is 3.39. The van der Waals surface area contributed by atoms with Crippen molar-refractivity contribution in [2.75, 3.05) is 13.1 Å². The molecule has 0 radical (unpaired) electrons. The second-order valence-corrected chi connectivity index (χ2v) is 4.68. The first-order valence-corrected chi connectivity index (χ1v) is 6.51. The normalized spacial score (nSPS) is 11.2. The molecule has 2 N–H and O–H groups in total. The van der Waals surface area contributed by atoms with E-state index in [9.17, 15) is 0 Å². The van der Waals surface area contributed by atoms with Crippen molar-refractivity contribution in [1.82, 2.24) is 10.3 Å². The maximum Gasteiger partial charge on any atom is 0.0488 e. The van der Waals surface area contributed by atoms with Crippen molar-refractivity contribution in [2.24, 2.45) is 0 Å². The van der Waals surface area contributed by atoms with Gasteiger partial charge in [0.15, 0.2) is 0 Å². The average molecular weight is 230 g/mol. The summed E-state index contributed by atoms with van der Waals surface area (Å²) in [6.45, 7) is 8.67. The molecule has 2 nitrogen and oxygen atoms in total. The minimum absolute atomic E-state index is 1.06. The van der Waals surface area contributed by atoms with Gasteiger partial charge in [0.25, 0.3) is 0 Å². The molecule has 0 spiro atoms. The highest BCUT2D eigenvalue weighted by Gasteiger charge is 2.08. The smallest absolute Gasteiger partial charge is 0.0488 e. The highest BCUT2D eigenvalue weighted by atomic mass is 14.8. The summed E-state index contributed by atoms with van der Waals surface area (Å²) in [5, 5.41) is 4.78. The number of fused-ring (bicyclic) bond motifs is 1. The summed E-state index contributed by atoms with van der Waals surface area (Å²) in [4.78, 5) is 3.52. The molecule has 2 rings (SSSR count). The second kappa shape index (κ2) is 5.37. The van der Waals surface area contributed by atoms with Gasteiger partial charge in [-0.05, 0) is 50.9 Å². The molecule has 2 heteroatoms. The molecule has 0 bridgehead atoms. The molecule has 0 atom stereocenters. The molecule has 0 fully saturated rings. The van der Waals surface area contributed by atoms with Crippen molar-refractivity contribution in [2.45, 2.75) is 33.6 Å². The number of benzene rings is 1. The lowest BCUT2D eigenvalue weighted by Crippen LogP contribution is -2.14. The fraction of sp³-hybridized carbons (Fsp3) is 0.467. The van der Waals surface area contributed by atoms with Gasteiger partial charge in [-0.15, -0.1) is 0 Å². The van der Waals surface area contributed by atoms with Crippen LogP contribution in [0.5, 0.6) is 0 Å². The zero-order chi connectivity index (χ0) is 12.3. The first kappa shape index (κ1) is 12.2. The molecule has 0 saturated carbocycles. The van der Waals surface area contributed by atoms with E-state index in [0.29, 0.717) is 0 Å². The predicted octanol–water partition coefficient (Wildman–Crippen LogP) is 3.33. The molecule has 0 aliphatic rings. The number of aromatic nitrogens is 1. The van der Waals surface area contributed by atoms with E-state index < -0.39 is 0 Å². The number of hydrogen-bond acceptors (Lipinski definition) is 1. The third-order valence-electron chi connectivity index (χ3n) is 3.39. The summed E-state index contributed by atoms with van der Waals surface area (Å²) in [7, 11) is 0. The summed E-state index contributed by atoms with van der Waals surface area (Å²) < 4.78 is 0. The highest BCUT2D eigenvalue weighted by molar-refractivity contribution is 5.87. The van der Waals surface area contributed by atoms with Gasteiger partial charge in [-0.3, -0.25) is 0 Å². The van der Waals surface area contributed by atoms with E-state index in [0.717, 1.165) is 19.5 Å². The van der Waals surface area contributed by atoms with Crippen molar-refractivity contribution in [1.29, 1.82) is 0 Å². The minimum Gasteiger partial charge on any atom is -0.358 e. The molecule has 17 heavy (non-hydrogen) atoms. The van der Waals surface area contributed by atoms with Gasteiger partial charge in [0.1, 0.15) is 0 Å². The van der Waals surface area contributed by atoms with Crippen LogP contribution in [0.25, 0.3) is 10.9 Å². The lowest BCUT2D eigenvalue weighted by molar-refractivity contribution is 0.673. The zero-order valence-electron chi connectivity index (χ0n) is 11.1. The summed E-state index contributed by atoms with van der Waals surface area (Å²) >= 11 is 0. The number of rotatable bonds is 5. The third kappa shape index (κ3) is 2.52. The first-order valence-electron chi connectivity index (χ1n) is 6.51. The van der Waals surface area contributed by atoms with Crippen LogP contribution < -0.4 is 5.32 Å². The van der Waals surface area contributed by atoms with Crippen LogP contribution >= 0.6 is 0 Å².